The van der Waals surface area contributed by atoms with Crippen molar-refractivity contribution >= 4 is 53.8 Å². The third-order valence-corrected chi connectivity index (χ3v) is 6.49. The quantitative estimate of drug-likeness (QED) is 0.350. The summed E-state index contributed by atoms with van der Waals surface area (Å²) in [6, 6.07) is 4.84. The molecule has 2 rings (SSSR count). The number of carbonyl (C=O) groups is 2. The van der Waals surface area contributed by atoms with Gasteiger partial charge in [-0.3, -0.25) is 9.59 Å². The zero-order valence-corrected chi connectivity index (χ0v) is 21.3. The molecule has 32 heavy (non-hydrogen) atoms. The highest BCUT2D eigenvalue weighted by atomic mass is 35.5. The molecule has 6 nitrogen and oxygen atoms in total. The average Bonchev–Trinajstić information content (AvgIpc) is 2.71. The number of hydrogen-bond acceptors (Lipinski definition) is 6. The van der Waals surface area contributed by atoms with Gasteiger partial charge in [-0.1, -0.05) is 37.0 Å². The van der Waals surface area contributed by atoms with Crippen LogP contribution in [0.2, 0.25) is 10.0 Å². The number of halogens is 2. The van der Waals surface area contributed by atoms with Gasteiger partial charge in [-0.05, 0) is 43.2 Å². The molecule has 1 aromatic carbocycles. The van der Waals surface area contributed by atoms with Crippen molar-refractivity contribution in [3.05, 3.63) is 33.8 Å². The molecule has 1 aliphatic rings. The van der Waals surface area contributed by atoms with Crippen LogP contribution in [0.5, 0.6) is 0 Å². The molecule has 1 aliphatic heterocycles. The van der Waals surface area contributed by atoms with Crippen LogP contribution in [0.1, 0.15) is 43.5 Å². The van der Waals surface area contributed by atoms with Crippen molar-refractivity contribution in [3.8, 4) is 0 Å². The number of ketones is 1. The van der Waals surface area contributed by atoms with Crippen molar-refractivity contribution in [2.45, 2.75) is 39.1 Å². The molecule has 1 amide bonds. The molecule has 0 saturated carbocycles. The molecular formula is C22H33BCl2N2O4S. The van der Waals surface area contributed by atoms with Crippen molar-refractivity contribution in [2.24, 2.45) is 11.8 Å². The Kier molecular flexibility index (Phi) is 12.4. The Bertz CT molecular complexity index is 749. The molecule has 2 atom stereocenters. The summed E-state index contributed by atoms with van der Waals surface area (Å²) >= 11 is 13.8. The first-order valence-electron chi connectivity index (χ1n) is 11.0. The number of carbonyl (C=O) groups excluding carboxylic acids is 2. The monoisotopic (exact) mass is 502 g/mol. The minimum Gasteiger partial charge on any atom is -0.408 e. The molecule has 0 unspecified atom stereocenters. The van der Waals surface area contributed by atoms with Gasteiger partial charge < -0.3 is 19.9 Å². The van der Waals surface area contributed by atoms with Gasteiger partial charge in [0.05, 0.1) is 11.0 Å². The highest BCUT2D eigenvalue weighted by Gasteiger charge is 2.34. The summed E-state index contributed by atoms with van der Waals surface area (Å²) in [5.74, 6) is 0.228. The Balaban J connectivity index is 2.03. The standard InChI is InChI=1S/C22H33BCl2N2O4S/c1-15(2)12-21(23-30-10-8-26-9-11-31-23)27-22(29)16(14-32-3)4-7-20(28)18-13-17(24)5-6-19(18)25/h5-6,13,15-16,21,26H,4,7-12,14H2,1-3H3,(H,27,29)/t16-,21-/m0/s1. The number of amides is 1. The van der Waals surface area contributed by atoms with Crippen LogP contribution in [0.3, 0.4) is 0 Å². The molecular weight excluding hydrogens is 470 g/mol. The van der Waals surface area contributed by atoms with Crippen LogP contribution in [-0.2, 0) is 14.1 Å². The highest BCUT2D eigenvalue weighted by molar-refractivity contribution is 7.98. The van der Waals surface area contributed by atoms with Gasteiger partial charge in [0.1, 0.15) is 0 Å². The SMILES string of the molecule is CSC[C@H](CCC(=O)c1cc(Cl)ccc1Cl)C(=O)N[C@@H](CC(C)C)B1OCCNCCO1. The zero-order valence-electron chi connectivity index (χ0n) is 19.0. The Morgan fingerprint density at radius 1 is 1.22 bits per heavy atom. The molecule has 0 aromatic heterocycles. The summed E-state index contributed by atoms with van der Waals surface area (Å²) in [4.78, 5) is 25.9. The summed E-state index contributed by atoms with van der Waals surface area (Å²) < 4.78 is 11.8. The van der Waals surface area contributed by atoms with E-state index in [0.29, 0.717) is 46.9 Å². The lowest BCUT2D eigenvalue weighted by molar-refractivity contribution is -0.125. The molecule has 1 heterocycles. The summed E-state index contributed by atoms with van der Waals surface area (Å²) in [6.07, 6.45) is 3.34. The second-order valence-electron chi connectivity index (χ2n) is 8.34. The van der Waals surface area contributed by atoms with E-state index in [0.717, 1.165) is 19.5 Å². The fourth-order valence-electron chi connectivity index (χ4n) is 3.59. The van der Waals surface area contributed by atoms with Gasteiger partial charge in [0.25, 0.3) is 0 Å². The predicted octanol–water partition coefficient (Wildman–Crippen LogP) is 4.13. The predicted molar refractivity (Wildman–Crippen MR) is 134 cm³/mol. The van der Waals surface area contributed by atoms with Crippen LogP contribution in [0, 0.1) is 11.8 Å². The zero-order chi connectivity index (χ0) is 23.5. The van der Waals surface area contributed by atoms with Crippen LogP contribution in [0.4, 0.5) is 0 Å². The van der Waals surface area contributed by atoms with E-state index in [1.165, 1.54) is 0 Å². The van der Waals surface area contributed by atoms with E-state index in [1.54, 1.807) is 30.0 Å². The van der Waals surface area contributed by atoms with Gasteiger partial charge in [-0.25, -0.2) is 0 Å². The van der Waals surface area contributed by atoms with Crippen LogP contribution in [-0.4, -0.2) is 63.1 Å². The second kappa shape index (κ2) is 14.5. The molecule has 0 aliphatic carbocycles. The van der Waals surface area contributed by atoms with E-state index >= 15 is 0 Å². The maximum Gasteiger partial charge on any atom is 0.480 e. The number of nitrogens with one attached hydrogen (secondary N) is 2. The van der Waals surface area contributed by atoms with Crippen molar-refractivity contribution < 1.29 is 18.9 Å². The smallest absolute Gasteiger partial charge is 0.408 e. The van der Waals surface area contributed by atoms with Crippen LogP contribution in [0.15, 0.2) is 18.2 Å². The molecule has 0 bridgehead atoms. The van der Waals surface area contributed by atoms with Crippen molar-refractivity contribution in [3.63, 3.8) is 0 Å². The van der Waals surface area contributed by atoms with E-state index in [2.05, 4.69) is 24.5 Å². The molecule has 1 fully saturated rings. The minimum atomic E-state index is -0.481. The topological polar surface area (TPSA) is 76.7 Å². The molecule has 1 aromatic rings. The van der Waals surface area contributed by atoms with E-state index in [4.69, 9.17) is 32.5 Å². The third-order valence-electron chi connectivity index (χ3n) is 5.19. The lowest BCUT2D eigenvalue weighted by Crippen LogP contribution is -2.53. The number of thioether (sulfide) groups is 1. The molecule has 0 radical (unpaired) electrons. The van der Waals surface area contributed by atoms with Crippen LogP contribution < -0.4 is 10.6 Å². The average molecular weight is 503 g/mol. The first-order chi connectivity index (χ1) is 15.3. The Labute approximate surface area is 206 Å². The van der Waals surface area contributed by atoms with Gasteiger partial charge in [0.2, 0.25) is 5.91 Å². The van der Waals surface area contributed by atoms with E-state index in [-0.39, 0.29) is 30.0 Å². The summed E-state index contributed by atoms with van der Waals surface area (Å²) in [7, 11) is -0.481. The molecule has 10 heteroatoms. The summed E-state index contributed by atoms with van der Waals surface area (Å²) in [6.45, 7) is 6.78. The second-order valence-corrected chi connectivity index (χ2v) is 10.1. The fourth-order valence-corrected chi connectivity index (χ4v) is 4.70. The van der Waals surface area contributed by atoms with Crippen molar-refractivity contribution in [1.29, 1.82) is 0 Å². The lowest BCUT2D eigenvalue weighted by Gasteiger charge is -2.29. The maximum absolute atomic E-state index is 13.2. The third kappa shape index (κ3) is 9.24. The Hall–Kier alpha value is -0.765. The van der Waals surface area contributed by atoms with Gasteiger partial charge in [-0.2, -0.15) is 11.8 Å². The normalized spacial score (nSPS) is 16.9. The molecule has 0 spiro atoms. The first kappa shape index (κ1) is 27.5. The van der Waals surface area contributed by atoms with E-state index in [1.807, 2.05) is 6.26 Å². The van der Waals surface area contributed by atoms with Crippen LogP contribution >= 0.6 is 35.0 Å². The summed E-state index contributed by atoms with van der Waals surface area (Å²) in [5, 5.41) is 7.21. The minimum absolute atomic E-state index is 0.0811. The van der Waals surface area contributed by atoms with Crippen molar-refractivity contribution in [2.75, 3.05) is 38.3 Å². The largest absolute Gasteiger partial charge is 0.480 e. The first-order valence-corrected chi connectivity index (χ1v) is 13.2. The molecule has 178 valence electrons. The van der Waals surface area contributed by atoms with Gasteiger partial charge in [0, 0.05) is 55.0 Å². The van der Waals surface area contributed by atoms with Gasteiger partial charge in [0.15, 0.2) is 5.78 Å². The molecule has 1 saturated heterocycles. The number of rotatable bonds is 11. The van der Waals surface area contributed by atoms with Gasteiger partial charge >= 0.3 is 7.12 Å². The lowest BCUT2D eigenvalue weighted by atomic mass is 9.73. The Morgan fingerprint density at radius 2 is 1.91 bits per heavy atom. The van der Waals surface area contributed by atoms with E-state index in [9.17, 15) is 9.59 Å². The number of hydrogen-bond donors (Lipinski definition) is 2. The van der Waals surface area contributed by atoms with E-state index < -0.39 is 7.12 Å². The summed E-state index contributed by atoms with van der Waals surface area (Å²) in [5.41, 5.74) is 0.394. The highest BCUT2D eigenvalue weighted by Crippen LogP contribution is 2.24. The van der Waals surface area contributed by atoms with Crippen LogP contribution in [0.25, 0.3) is 0 Å². The Morgan fingerprint density at radius 3 is 2.53 bits per heavy atom. The molecule has 2 N–H and O–H groups in total. The van der Waals surface area contributed by atoms with Gasteiger partial charge in [-0.15, -0.1) is 0 Å². The maximum atomic E-state index is 13.2. The fraction of sp³-hybridized carbons (Fsp3) is 0.636. The number of Topliss-reactive ketones (excluding diaryl/α,β-unsaturated/α-hetero) is 1. The van der Waals surface area contributed by atoms with Crippen molar-refractivity contribution in [1.82, 2.24) is 10.6 Å². The number of benzene rings is 1.